The van der Waals surface area contributed by atoms with Gasteiger partial charge in [-0.1, -0.05) is 25.0 Å². The number of nitrogens with zero attached hydrogens (tertiary/aromatic N) is 1. The summed E-state index contributed by atoms with van der Waals surface area (Å²) < 4.78 is 11.8. The first-order valence-corrected chi connectivity index (χ1v) is 12.9. The zero-order valence-electron chi connectivity index (χ0n) is 20.3. The Balaban J connectivity index is 1.23. The monoisotopic (exact) mass is 475 g/mol. The summed E-state index contributed by atoms with van der Waals surface area (Å²) in [5.74, 6) is 1.43. The fourth-order valence-corrected chi connectivity index (χ4v) is 6.04. The van der Waals surface area contributed by atoms with Gasteiger partial charge in [0.15, 0.2) is 11.5 Å². The number of ether oxygens (including phenoxy) is 2. The van der Waals surface area contributed by atoms with E-state index < -0.39 is 0 Å². The minimum Gasteiger partial charge on any atom is -0.486 e. The largest absolute Gasteiger partial charge is 0.486 e. The molecule has 2 N–H and O–H groups in total. The number of rotatable bonds is 5. The molecule has 35 heavy (non-hydrogen) atoms. The Labute approximate surface area is 206 Å². The first-order chi connectivity index (χ1) is 17.0. The molecule has 2 saturated carbocycles. The molecule has 7 nitrogen and oxygen atoms in total. The fourth-order valence-electron chi connectivity index (χ4n) is 6.04. The molecule has 2 amide bonds. The van der Waals surface area contributed by atoms with Gasteiger partial charge in [0.2, 0.25) is 5.91 Å². The number of nitrogens with one attached hydrogen (secondary N) is 2. The number of hydrogen-bond donors (Lipinski definition) is 2. The highest BCUT2D eigenvalue weighted by atomic mass is 16.6. The molecule has 184 valence electrons. The second-order valence-electron chi connectivity index (χ2n) is 10.5. The van der Waals surface area contributed by atoms with Gasteiger partial charge in [-0.25, -0.2) is 0 Å². The van der Waals surface area contributed by atoms with E-state index in [0.29, 0.717) is 24.5 Å². The van der Waals surface area contributed by atoms with Crippen LogP contribution in [0, 0.1) is 0 Å². The van der Waals surface area contributed by atoms with Gasteiger partial charge >= 0.3 is 0 Å². The molecule has 0 aromatic heterocycles. The summed E-state index contributed by atoms with van der Waals surface area (Å²) >= 11 is 0. The summed E-state index contributed by atoms with van der Waals surface area (Å²) in [6, 6.07) is 11.9. The first-order valence-electron chi connectivity index (χ1n) is 12.9. The summed E-state index contributed by atoms with van der Waals surface area (Å²) in [7, 11) is 0. The molecule has 7 heteroatoms. The average molecular weight is 476 g/mol. The minimum atomic E-state index is -0.124. The summed E-state index contributed by atoms with van der Waals surface area (Å²) in [5, 5.41) is 6.04. The van der Waals surface area contributed by atoms with Crippen molar-refractivity contribution in [2.75, 3.05) is 31.6 Å². The Kier molecular flexibility index (Phi) is 5.67. The Bertz CT molecular complexity index is 1150. The Morgan fingerprint density at radius 1 is 1.06 bits per heavy atom. The van der Waals surface area contributed by atoms with Gasteiger partial charge in [-0.05, 0) is 68.0 Å². The third-order valence-corrected chi connectivity index (χ3v) is 8.05. The highest BCUT2D eigenvalue weighted by Crippen LogP contribution is 2.51. The van der Waals surface area contributed by atoms with Gasteiger partial charge in [0, 0.05) is 24.0 Å². The fraction of sp³-hybridized carbons (Fsp3) is 0.500. The summed E-state index contributed by atoms with van der Waals surface area (Å²) in [5.41, 5.74) is 3.72. The van der Waals surface area contributed by atoms with Gasteiger partial charge < -0.3 is 20.1 Å². The van der Waals surface area contributed by atoms with Crippen molar-refractivity contribution >= 4 is 17.5 Å². The summed E-state index contributed by atoms with van der Waals surface area (Å²) in [6.07, 6.45) is 6.69. The van der Waals surface area contributed by atoms with Crippen molar-refractivity contribution in [3.8, 4) is 11.5 Å². The molecule has 1 atom stereocenters. The molecule has 4 aliphatic rings. The van der Waals surface area contributed by atoms with E-state index in [9.17, 15) is 9.59 Å². The van der Waals surface area contributed by atoms with Crippen LogP contribution in [0.2, 0.25) is 0 Å². The van der Waals surface area contributed by atoms with Crippen molar-refractivity contribution in [1.29, 1.82) is 0 Å². The van der Waals surface area contributed by atoms with Crippen LogP contribution in [-0.2, 0) is 10.2 Å². The Morgan fingerprint density at radius 2 is 1.77 bits per heavy atom. The zero-order valence-corrected chi connectivity index (χ0v) is 20.3. The van der Waals surface area contributed by atoms with Crippen LogP contribution in [0.15, 0.2) is 36.4 Å². The van der Waals surface area contributed by atoms with Gasteiger partial charge in [-0.2, -0.15) is 0 Å². The molecular formula is C28H33N3O4. The van der Waals surface area contributed by atoms with Gasteiger partial charge in [0.05, 0.1) is 17.8 Å². The Morgan fingerprint density at radius 3 is 2.51 bits per heavy atom. The molecule has 1 unspecified atom stereocenters. The number of carbonyl (C=O) groups is 2. The van der Waals surface area contributed by atoms with E-state index >= 15 is 0 Å². The molecule has 2 fully saturated rings. The quantitative estimate of drug-likeness (QED) is 0.678. The van der Waals surface area contributed by atoms with Crippen LogP contribution in [-0.4, -0.2) is 49.1 Å². The number of benzene rings is 2. The molecule has 2 aliphatic carbocycles. The van der Waals surface area contributed by atoms with Crippen LogP contribution < -0.4 is 20.1 Å². The van der Waals surface area contributed by atoms with Crippen LogP contribution in [0.3, 0.4) is 0 Å². The lowest BCUT2D eigenvalue weighted by atomic mass is 9.71. The van der Waals surface area contributed by atoms with Crippen molar-refractivity contribution in [2.24, 2.45) is 0 Å². The molecule has 2 heterocycles. The topological polar surface area (TPSA) is 79.9 Å². The number of fused-ring (bicyclic) bond motifs is 3. The van der Waals surface area contributed by atoms with Crippen molar-refractivity contribution in [3.63, 3.8) is 0 Å². The van der Waals surface area contributed by atoms with E-state index in [1.165, 1.54) is 24.0 Å². The molecule has 0 saturated heterocycles. The van der Waals surface area contributed by atoms with Gasteiger partial charge in [0.1, 0.15) is 13.2 Å². The molecule has 6 rings (SSSR count). The maximum Gasteiger partial charge on any atom is 0.253 e. The van der Waals surface area contributed by atoms with Crippen LogP contribution in [0.4, 0.5) is 5.69 Å². The van der Waals surface area contributed by atoms with Crippen molar-refractivity contribution in [1.82, 2.24) is 10.2 Å². The van der Waals surface area contributed by atoms with E-state index in [4.69, 9.17) is 9.47 Å². The molecular weight excluding hydrogens is 442 g/mol. The van der Waals surface area contributed by atoms with Crippen LogP contribution in [0.25, 0.3) is 0 Å². The Hall–Kier alpha value is -3.06. The molecule has 2 aromatic rings. The lowest BCUT2D eigenvalue weighted by Gasteiger charge is -2.46. The van der Waals surface area contributed by atoms with Crippen LogP contribution in [0.5, 0.6) is 11.5 Å². The molecule has 0 radical (unpaired) electrons. The maximum absolute atomic E-state index is 13.3. The van der Waals surface area contributed by atoms with E-state index in [2.05, 4.69) is 34.6 Å². The lowest BCUT2D eigenvalue weighted by Crippen LogP contribution is -2.48. The highest BCUT2D eigenvalue weighted by molar-refractivity contribution is 6.04. The van der Waals surface area contributed by atoms with E-state index in [-0.39, 0.29) is 35.9 Å². The summed E-state index contributed by atoms with van der Waals surface area (Å²) in [4.78, 5) is 28.2. The molecule has 1 spiro atoms. The average Bonchev–Trinajstić information content (AvgIpc) is 3.56. The molecule has 0 bridgehead atoms. The van der Waals surface area contributed by atoms with Crippen LogP contribution >= 0.6 is 0 Å². The third-order valence-electron chi connectivity index (χ3n) is 8.05. The van der Waals surface area contributed by atoms with E-state index in [0.717, 1.165) is 43.7 Å². The number of amides is 2. The molecule has 2 aromatic carbocycles. The van der Waals surface area contributed by atoms with Crippen LogP contribution in [0.1, 0.15) is 73.0 Å². The van der Waals surface area contributed by atoms with E-state index in [1.807, 2.05) is 12.1 Å². The number of para-hydroxylation sites is 1. The van der Waals surface area contributed by atoms with Gasteiger partial charge in [0.25, 0.3) is 5.91 Å². The molecule has 2 aliphatic heterocycles. The number of carbonyl (C=O) groups excluding carboxylic acids is 2. The van der Waals surface area contributed by atoms with Gasteiger partial charge in [-0.3, -0.25) is 14.5 Å². The minimum absolute atomic E-state index is 0.0417. The normalized spacial score (nSPS) is 22.5. The van der Waals surface area contributed by atoms with Gasteiger partial charge in [-0.15, -0.1) is 0 Å². The SMILES string of the molecule is CC1c2cc3c(cc2C2(CCCC2)CN1CC(=O)Nc1ccccc1C(=O)NC1CC1)OCCO3. The zero-order chi connectivity index (χ0) is 24.0. The smallest absolute Gasteiger partial charge is 0.253 e. The number of anilines is 1. The van der Waals surface area contributed by atoms with E-state index in [1.54, 1.807) is 12.1 Å². The van der Waals surface area contributed by atoms with Crippen molar-refractivity contribution in [2.45, 2.75) is 62.9 Å². The highest BCUT2D eigenvalue weighted by Gasteiger charge is 2.45. The maximum atomic E-state index is 13.3. The third kappa shape index (κ3) is 4.27. The standard InChI is InChI=1S/C28H33N3O4/c1-18-21-14-24-25(35-13-12-34-24)15-22(21)28(10-4-5-11-28)17-31(18)16-26(32)30-23-7-3-2-6-20(23)27(33)29-19-8-9-19/h2-3,6-7,14-15,18-19H,4-5,8-13,16-17H2,1H3,(H,29,33)(H,30,32). The summed E-state index contributed by atoms with van der Waals surface area (Å²) in [6.45, 7) is 4.43. The predicted octanol–water partition coefficient (Wildman–Crippen LogP) is 4.18. The first kappa shape index (κ1) is 22.4. The second-order valence-corrected chi connectivity index (χ2v) is 10.5. The lowest BCUT2D eigenvalue weighted by molar-refractivity contribution is -0.118. The number of hydrogen-bond acceptors (Lipinski definition) is 5. The second kappa shape index (κ2) is 8.86. The predicted molar refractivity (Wildman–Crippen MR) is 133 cm³/mol. The van der Waals surface area contributed by atoms with Crippen molar-refractivity contribution < 1.29 is 19.1 Å². The van der Waals surface area contributed by atoms with Crippen molar-refractivity contribution in [3.05, 3.63) is 53.1 Å².